The number of nitrogens with zero attached hydrogens (tertiary/aromatic N) is 2. The molecule has 1 amide bonds. The number of nitrogens with one attached hydrogen (secondary N) is 1. The number of aromatic nitrogens is 2. The minimum Gasteiger partial charge on any atom is -0.444 e. The summed E-state index contributed by atoms with van der Waals surface area (Å²) in [5, 5.41) is 5.05. The fraction of sp³-hybridized carbons (Fsp3) is 0.417. The number of hydrogen-bond donors (Lipinski definition) is 1. The maximum Gasteiger partial charge on any atom is 0.408 e. The van der Waals surface area contributed by atoms with Gasteiger partial charge in [-0.25, -0.2) is 4.79 Å². The van der Waals surface area contributed by atoms with Crippen molar-refractivity contribution in [3.8, 4) is 5.69 Å². The maximum atomic E-state index is 12.8. The van der Waals surface area contributed by atoms with Gasteiger partial charge >= 0.3 is 6.09 Å². The lowest BCUT2D eigenvalue weighted by atomic mass is 9.76. The van der Waals surface area contributed by atoms with Gasteiger partial charge in [0.25, 0.3) is 0 Å². The predicted octanol–water partition coefficient (Wildman–Crippen LogP) is 6.36. The third-order valence-electron chi connectivity index (χ3n) is 5.68. The zero-order valence-electron chi connectivity index (χ0n) is 17.7. The monoisotopic (exact) mass is 425 g/mol. The Kier molecular flexibility index (Phi) is 5.49. The van der Waals surface area contributed by atoms with Crippen LogP contribution >= 0.6 is 11.6 Å². The van der Waals surface area contributed by atoms with Crippen LogP contribution in [-0.2, 0) is 10.3 Å². The van der Waals surface area contributed by atoms with E-state index in [-0.39, 0.29) is 6.09 Å². The molecule has 0 unspecified atom stereocenters. The molecule has 0 spiro atoms. The van der Waals surface area contributed by atoms with Crippen LogP contribution in [-0.4, -0.2) is 21.2 Å². The van der Waals surface area contributed by atoms with Crippen LogP contribution in [0.15, 0.2) is 48.9 Å². The molecule has 1 fully saturated rings. The molecule has 0 radical (unpaired) electrons. The Morgan fingerprint density at radius 2 is 1.83 bits per heavy atom. The second kappa shape index (κ2) is 7.95. The first-order valence-electron chi connectivity index (χ1n) is 10.5. The second-order valence-electron chi connectivity index (χ2n) is 9.05. The third kappa shape index (κ3) is 4.17. The fourth-order valence-electron chi connectivity index (χ4n) is 4.39. The Morgan fingerprint density at radius 3 is 2.50 bits per heavy atom. The van der Waals surface area contributed by atoms with E-state index in [9.17, 15) is 4.79 Å². The van der Waals surface area contributed by atoms with Gasteiger partial charge in [0.2, 0.25) is 0 Å². The standard InChI is InChI=1S/C24H28ClN3O2/c1-23(2,3)30-22(29)27-24(12-5-4-6-13-24)20-16-28(18-9-7-17(25)8-10-18)21-15-26-14-11-19(20)21/h7-11,14-16H,4-6,12-13H2,1-3H3,(H,27,29). The van der Waals surface area contributed by atoms with E-state index in [0.29, 0.717) is 5.02 Å². The summed E-state index contributed by atoms with van der Waals surface area (Å²) in [6, 6.07) is 9.78. The second-order valence-corrected chi connectivity index (χ2v) is 9.49. The number of rotatable bonds is 3. The summed E-state index contributed by atoms with van der Waals surface area (Å²) >= 11 is 6.09. The van der Waals surface area contributed by atoms with E-state index in [1.165, 1.54) is 6.42 Å². The number of amides is 1. The van der Waals surface area contributed by atoms with E-state index in [1.54, 1.807) is 0 Å². The number of benzene rings is 1. The molecule has 4 rings (SSSR count). The Morgan fingerprint density at radius 1 is 1.13 bits per heavy atom. The smallest absolute Gasteiger partial charge is 0.408 e. The van der Waals surface area contributed by atoms with E-state index < -0.39 is 11.1 Å². The quantitative estimate of drug-likeness (QED) is 0.530. The number of carbonyl (C=O) groups excluding carboxylic acids is 1. The van der Waals surface area contributed by atoms with Crippen molar-refractivity contribution in [1.29, 1.82) is 0 Å². The molecule has 1 aromatic carbocycles. The van der Waals surface area contributed by atoms with Gasteiger partial charge in [-0.05, 0) is 63.9 Å². The van der Waals surface area contributed by atoms with Gasteiger partial charge in [-0.1, -0.05) is 30.9 Å². The molecule has 0 bridgehead atoms. The number of hydrogen-bond acceptors (Lipinski definition) is 3. The highest BCUT2D eigenvalue weighted by molar-refractivity contribution is 6.30. The highest BCUT2D eigenvalue weighted by atomic mass is 35.5. The van der Waals surface area contributed by atoms with Crippen molar-refractivity contribution >= 4 is 28.6 Å². The van der Waals surface area contributed by atoms with E-state index >= 15 is 0 Å². The maximum absolute atomic E-state index is 12.8. The van der Waals surface area contributed by atoms with Gasteiger partial charge in [0, 0.05) is 34.1 Å². The molecular weight excluding hydrogens is 398 g/mol. The van der Waals surface area contributed by atoms with Crippen molar-refractivity contribution in [2.24, 2.45) is 0 Å². The summed E-state index contributed by atoms with van der Waals surface area (Å²) in [4.78, 5) is 17.1. The van der Waals surface area contributed by atoms with Gasteiger partial charge in [-0.3, -0.25) is 4.98 Å². The topological polar surface area (TPSA) is 56.1 Å². The molecule has 6 heteroatoms. The lowest BCUT2D eigenvalue weighted by molar-refractivity contribution is 0.0421. The van der Waals surface area contributed by atoms with E-state index in [1.807, 2.05) is 63.5 Å². The van der Waals surface area contributed by atoms with Crippen LogP contribution in [0.1, 0.15) is 58.4 Å². The number of fused-ring (bicyclic) bond motifs is 1. The van der Waals surface area contributed by atoms with Crippen molar-refractivity contribution in [2.75, 3.05) is 0 Å². The van der Waals surface area contributed by atoms with Crippen LogP contribution in [0.2, 0.25) is 5.02 Å². The largest absolute Gasteiger partial charge is 0.444 e. The minimum atomic E-state index is -0.541. The van der Waals surface area contributed by atoms with Gasteiger partial charge in [0.05, 0.1) is 17.3 Å². The van der Waals surface area contributed by atoms with Crippen LogP contribution in [0.25, 0.3) is 16.6 Å². The highest BCUT2D eigenvalue weighted by Gasteiger charge is 2.39. The van der Waals surface area contributed by atoms with Crippen LogP contribution in [0, 0.1) is 0 Å². The number of carbonyl (C=O) groups is 1. The van der Waals surface area contributed by atoms with Crippen LogP contribution < -0.4 is 5.32 Å². The molecule has 158 valence electrons. The fourth-order valence-corrected chi connectivity index (χ4v) is 4.51. The Balaban J connectivity index is 1.82. The molecule has 2 heterocycles. The SMILES string of the molecule is CC(C)(C)OC(=O)NC1(c2cn(-c3ccc(Cl)cc3)c3cnccc23)CCCCC1. The first kappa shape index (κ1) is 20.7. The van der Waals surface area contributed by atoms with Crippen LogP contribution in [0.4, 0.5) is 4.79 Å². The minimum absolute atomic E-state index is 0.370. The van der Waals surface area contributed by atoms with Crippen molar-refractivity contribution in [1.82, 2.24) is 14.9 Å². The molecule has 1 aliphatic rings. The summed E-state index contributed by atoms with van der Waals surface area (Å²) in [7, 11) is 0. The zero-order valence-corrected chi connectivity index (χ0v) is 18.5. The predicted molar refractivity (Wildman–Crippen MR) is 120 cm³/mol. The summed E-state index contributed by atoms with van der Waals surface area (Å²) in [6.45, 7) is 5.66. The lowest BCUT2D eigenvalue weighted by Crippen LogP contribution is -2.48. The molecule has 2 aromatic heterocycles. The summed E-state index contributed by atoms with van der Waals surface area (Å²) in [6.07, 6.45) is 10.5. The number of ether oxygens (including phenoxy) is 1. The molecular formula is C24H28ClN3O2. The first-order valence-corrected chi connectivity index (χ1v) is 10.9. The van der Waals surface area contributed by atoms with Crippen LogP contribution in [0.5, 0.6) is 0 Å². The van der Waals surface area contributed by atoms with Crippen molar-refractivity contribution in [3.05, 3.63) is 59.5 Å². The van der Waals surface area contributed by atoms with Crippen molar-refractivity contribution < 1.29 is 9.53 Å². The molecule has 1 N–H and O–H groups in total. The third-order valence-corrected chi connectivity index (χ3v) is 5.93. The first-order chi connectivity index (χ1) is 14.3. The van der Waals surface area contributed by atoms with Gasteiger partial charge in [-0.15, -0.1) is 0 Å². The number of halogens is 1. The summed E-state index contributed by atoms with van der Waals surface area (Å²) < 4.78 is 7.75. The van der Waals surface area contributed by atoms with Gasteiger partial charge < -0.3 is 14.6 Å². The molecule has 5 nitrogen and oxygen atoms in total. The molecule has 0 aliphatic heterocycles. The van der Waals surface area contributed by atoms with E-state index in [0.717, 1.165) is 47.8 Å². The van der Waals surface area contributed by atoms with E-state index in [2.05, 4.69) is 21.1 Å². The molecule has 30 heavy (non-hydrogen) atoms. The lowest BCUT2D eigenvalue weighted by Gasteiger charge is -2.38. The van der Waals surface area contributed by atoms with Crippen LogP contribution in [0.3, 0.4) is 0 Å². The molecule has 3 aromatic rings. The number of alkyl carbamates (subject to hydrolysis) is 1. The molecule has 1 aliphatic carbocycles. The van der Waals surface area contributed by atoms with Gasteiger partial charge in [-0.2, -0.15) is 0 Å². The average Bonchev–Trinajstić information content (AvgIpc) is 3.08. The normalized spacial score (nSPS) is 16.4. The Labute approximate surface area is 182 Å². The average molecular weight is 426 g/mol. The highest BCUT2D eigenvalue weighted by Crippen LogP contribution is 2.42. The molecule has 1 saturated carbocycles. The van der Waals surface area contributed by atoms with Crippen molar-refractivity contribution in [2.45, 2.75) is 64.0 Å². The molecule has 0 saturated heterocycles. The Bertz CT molecular complexity index is 1040. The zero-order chi connectivity index (χ0) is 21.4. The van der Waals surface area contributed by atoms with Gasteiger partial charge in [0.15, 0.2) is 0 Å². The summed E-state index contributed by atoms with van der Waals surface area (Å²) in [5.74, 6) is 0. The summed E-state index contributed by atoms with van der Waals surface area (Å²) in [5.41, 5.74) is 2.12. The Hall–Kier alpha value is -2.53. The molecule has 0 atom stereocenters. The van der Waals surface area contributed by atoms with Crippen molar-refractivity contribution in [3.63, 3.8) is 0 Å². The van der Waals surface area contributed by atoms with E-state index in [4.69, 9.17) is 16.3 Å². The van der Waals surface area contributed by atoms with Gasteiger partial charge in [0.1, 0.15) is 5.60 Å². The number of pyridine rings is 1.